The number of hydrogen-bond donors (Lipinski definition) is 2. The number of nitrogens with one attached hydrogen (secondary N) is 2. The zero-order valence-electron chi connectivity index (χ0n) is 10.3. The van der Waals surface area contributed by atoms with Gasteiger partial charge in [0.2, 0.25) is 5.91 Å². The minimum Gasteiger partial charge on any atom is -0.378 e. The lowest BCUT2D eigenvalue weighted by molar-refractivity contribution is -0.134. The van der Waals surface area contributed by atoms with Crippen LogP contribution in [0.3, 0.4) is 0 Å². The second kappa shape index (κ2) is 4.87. The van der Waals surface area contributed by atoms with Crippen molar-refractivity contribution in [2.75, 3.05) is 7.11 Å². The van der Waals surface area contributed by atoms with Crippen LogP contribution in [-0.4, -0.2) is 28.6 Å². The molecule has 0 aliphatic heterocycles. The molecule has 0 saturated heterocycles. The Morgan fingerprint density at radius 3 is 2.94 bits per heavy atom. The van der Waals surface area contributed by atoms with Gasteiger partial charge in [0.1, 0.15) is 5.82 Å². The summed E-state index contributed by atoms with van der Waals surface area (Å²) in [5, 5.41) is 2.93. The monoisotopic (exact) mass is 237 g/mol. The van der Waals surface area contributed by atoms with Crippen LogP contribution in [-0.2, 0) is 9.53 Å². The van der Waals surface area contributed by atoms with Crippen LogP contribution in [0.15, 0.2) is 12.4 Å². The van der Waals surface area contributed by atoms with Crippen LogP contribution >= 0.6 is 0 Å². The third kappa shape index (κ3) is 2.66. The van der Waals surface area contributed by atoms with Crippen molar-refractivity contribution in [3.05, 3.63) is 18.2 Å². The van der Waals surface area contributed by atoms with Gasteiger partial charge in [-0.05, 0) is 26.2 Å². The molecule has 1 amide bonds. The van der Waals surface area contributed by atoms with Gasteiger partial charge in [-0.1, -0.05) is 0 Å². The van der Waals surface area contributed by atoms with Gasteiger partial charge in [-0.15, -0.1) is 0 Å². The number of amides is 1. The fraction of sp³-hybridized carbons (Fsp3) is 0.667. The Morgan fingerprint density at radius 1 is 1.71 bits per heavy atom. The maximum absolute atomic E-state index is 11.9. The van der Waals surface area contributed by atoms with Crippen LogP contribution in [0.25, 0.3) is 0 Å². The smallest absolute Gasteiger partial charge is 0.223 e. The minimum atomic E-state index is -0.215. The SMILES string of the molecule is COC1(CC(=O)NC(C)c2ncc[nH]2)CCC1. The fourth-order valence-corrected chi connectivity index (χ4v) is 2.19. The minimum absolute atomic E-state index is 0.0236. The highest BCUT2D eigenvalue weighted by molar-refractivity contribution is 5.77. The molecule has 0 spiro atoms. The summed E-state index contributed by atoms with van der Waals surface area (Å²) < 4.78 is 5.43. The maximum atomic E-state index is 11.9. The van der Waals surface area contributed by atoms with E-state index in [0.717, 1.165) is 25.1 Å². The summed E-state index contributed by atoms with van der Waals surface area (Å²) in [4.78, 5) is 19.0. The molecule has 0 radical (unpaired) electrons. The normalized spacial score (nSPS) is 19.4. The quantitative estimate of drug-likeness (QED) is 0.816. The molecule has 5 heteroatoms. The molecule has 94 valence electrons. The van der Waals surface area contributed by atoms with Crippen LogP contribution in [0.5, 0.6) is 0 Å². The molecule has 2 rings (SSSR count). The van der Waals surface area contributed by atoms with Gasteiger partial charge in [0, 0.05) is 19.5 Å². The number of hydrogen-bond acceptors (Lipinski definition) is 3. The van der Waals surface area contributed by atoms with Gasteiger partial charge in [0.05, 0.1) is 18.1 Å². The van der Waals surface area contributed by atoms with Crippen molar-refractivity contribution in [2.24, 2.45) is 0 Å². The van der Waals surface area contributed by atoms with Crippen molar-refractivity contribution < 1.29 is 9.53 Å². The van der Waals surface area contributed by atoms with Crippen LogP contribution in [0.2, 0.25) is 0 Å². The number of methoxy groups -OCH3 is 1. The molecule has 1 aliphatic carbocycles. The molecule has 0 bridgehead atoms. The Hall–Kier alpha value is -1.36. The van der Waals surface area contributed by atoms with Crippen LogP contribution < -0.4 is 5.32 Å². The number of rotatable bonds is 5. The molecule has 0 aromatic carbocycles. The number of ether oxygens (including phenoxy) is 1. The topological polar surface area (TPSA) is 67.0 Å². The summed E-state index contributed by atoms with van der Waals surface area (Å²) in [6, 6.07) is -0.0912. The molecule has 1 aliphatic rings. The Morgan fingerprint density at radius 2 is 2.47 bits per heavy atom. The summed E-state index contributed by atoms with van der Waals surface area (Å²) in [6.07, 6.45) is 6.97. The lowest BCUT2D eigenvalue weighted by Gasteiger charge is -2.40. The average molecular weight is 237 g/mol. The van der Waals surface area contributed by atoms with Crippen molar-refractivity contribution in [1.29, 1.82) is 0 Å². The molecule has 2 N–H and O–H groups in total. The van der Waals surface area contributed by atoms with E-state index in [4.69, 9.17) is 4.74 Å². The van der Waals surface area contributed by atoms with E-state index in [2.05, 4.69) is 15.3 Å². The third-order valence-electron chi connectivity index (χ3n) is 3.49. The zero-order chi connectivity index (χ0) is 12.3. The van der Waals surface area contributed by atoms with E-state index in [0.29, 0.717) is 6.42 Å². The standard InChI is InChI=1S/C12H19N3O2/c1-9(11-13-6-7-14-11)15-10(16)8-12(17-2)4-3-5-12/h6-7,9H,3-5,8H2,1-2H3,(H,13,14)(H,15,16). The van der Waals surface area contributed by atoms with Crippen LogP contribution in [0.4, 0.5) is 0 Å². The van der Waals surface area contributed by atoms with Gasteiger partial charge in [0.25, 0.3) is 0 Å². The van der Waals surface area contributed by atoms with E-state index in [-0.39, 0.29) is 17.6 Å². The highest BCUT2D eigenvalue weighted by Crippen LogP contribution is 2.37. The first kappa shape index (κ1) is 12.1. The summed E-state index contributed by atoms with van der Waals surface area (Å²) in [5.74, 6) is 0.800. The zero-order valence-corrected chi connectivity index (χ0v) is 10.3. The summed E-state index contributed by atoms with van der Waals surface area (Å²) in [7, 11) is 1.68. The largest absolute Gasteiger partial charge is 0.378 e. The van der Waals surface area contributed by atoms with Gasteiger partial charge >= 0.3 is 0 Å². The van der Waals surface area contributed by atoms with Crippen molar-refractivity contribution in [3.8, 4) is 0 Å². The number of nitrogens with zero attached hydrogens (tertiary/aromatic N) is 1. The Labute approximate surface area is 101 Å². The first-order valence-electron chi connectivity index (χ1n) is 5.99. The Balaban J connectivity index is 1.85. The number of carbonyl (C=O) groups excluding carboxylic acids is 1. The van der Waals surface area contributed by atoms with Gasteiger partial charge in [-0.3, -0.25) is 4.79 Å². The van der Waals surface area contributed by atoms with Crippen LogP contribution in [0.1, 0.15) is 44.5 Å². The van der Waals surface area contributed by atoms with E-state index in [1.54, 1.807) is 19.5 Å². The first-order chi connectivity index (χ1) is 8.15. The van der Waals surface area contributed by atoms with E-state index < -0.39 is 0 Å². The summed E-state index contributed by atoms with van der Waals surface area (Å²) >= 11 is 0. The third-order valence-corrected chi connectivity index (χ3v) is 3.49. The Bertz CT molecular complexity index is 366. The van der Waals surface area contributed by atoms with Gasteiger partial charge in [-0.25, -0.2) is 4.98 Å². The molecule has 1 fully saturated rings. The van der Waals surface area contributed by atoms with Crippen molar-refractivity contribution in [3.63, 3.8) is 0 Å². The molecule has 5 nitrogen and oxygen atoms in total. The Kier molecular flexibility index (Phi) is 3.47. The van der Waals surface area contributed by atoms with Gasteiger partial charge in [-0.2, -0.15) is 0 Å². The van der Waals surface area contributed by atoms with Crippen molar-refractivity contribution in [2.45, 2.75) is 44.2 Å². The van der Waals surface area contributed by atoms with E-state index >= 15 is 0 Å². The molecule has 1 saturated carbocycles. The number of aromatic nitrogens is 2. The highest BCUT2D eigenvalue weighted by atomic mass is 16.5. The van der Waals surface area contributed by atoms with E-state index in [1.807, 2.05) is 6.92 Å². The summed E-state index contributed by atoms with van der Waals surface area (Å²) in [6.45, 7) is 1.91. The van der Waals surface area contributed by atoms with Gasteiger partial charge in [0.15, 0.2) is 0 Å². The predicted molar refractivity (Wildman–Crippen MR) is 63.4 cm³/mol. The average Bonchev–Trinajstić information content (AvgIpc) is 2.76. The van der Waals surface area contributed by atoms with Crippen molar-refractivity contribution >= 4 is 5.91 Å². The number of carbonyl (C=O) groups is 1. The van der Waals surface area contributed by atoms with Gasteiger partial charge < -0.3 is 15.0 Å². The number of H-pyrrole nitrogens is 1. The molecule has 1 aromatic rings. The molecular weight excluding hydrogens is 218 g/mol. The molecule has 1 aromatic heterocycles. The second-order valence-electron chi connectivity index (χ2n) is 4.68. The maximum Gasteiger partial charge on any atom is 0.223 e. The number of aromatic amines is 1. The van der Waals surface area contributed by atoms with E-state index in [9.17, 15) is 4.79 Å². The molecule has 1 atom stereocenters. The highest BCUT2D eigenvalue weighted by Gasteiger charge is 2.39. The lowest BCUT2D eigenvalue weighted by atomic mass is 9.77. The lowest BCUT2D eigenvalue weighted by Crippen LogP contribution is -2.44. The number of imidazole rings is 1. The van der Waals surface area contributed by atoms with Crippen molar-refractivity contribution in [1.82, 2.24) is 15.3 Å². The first-order valence-corrected chi connectivity index (χ1v) is 5.99. The molecule has 17 heavy (non-hydrogen) atoms. The molecule has 1 unspecified atom stereocenters. The summed E-state index contributed by atoms with van der Waals surface area (Å²) in [5.41, 5.74) is -0.215. The molecular formula is C12H19N3O2. The predicted octanol–water partition coefficient (Wildman–Crippen LogP) is 1.55. The fourth-order valence-electron chi connectivity index (χ4n) is 2.19. The molecule has 1 heterocycles. The van der Waals surface area contributed by atoms with E-state index in [1.165, 1.54) is 0 Å². The second-order valence-corrected chi connectivity index (χ2v) is 4.68. The van der Waals surface area contributed by atoms with Crippen LogP contribution in [0, 0.1) is 0 Å².